The van der Waals surface area contributed by atoms with Crippen molar-refractivity contribution < 1.29 is 42.1 Å². The van der Waals surface area contributed by atoms with E-state index in [9.17, 15) is 42.3 Å². The van der Waals surface area contributed by atoms with Crippen molar-refractivity contribution in [3.05, 3.63) is 215 Å². The number of carbonyl (C=O) groups is 3. The van der Waals surface area contributed by atoms with Crippen LogP contribution >= 0.6 is 46.7 Å². The summed E-state index contributed by atoms with van der Waals surface area (Å²) in [6.07, 6.45) is -1.76. The number of amides is 2. The first-order valence-corrected chi connectivity index (χ1v) is 27.4. The smallest absolute Gasteiger partial charge is 0.408 e. The van der Waals surface area contributed by atoms with Crippen molar-refractivity contribution in [3.8, 4) is 17.2 Å². The highest BCUT2D eigenvalue weighted by atomic mass is 35.5. The maximum Gasteiger partial charge on any atom is 0.408 e. The molecular formula is C57H49Cl2F3N6O8S2. The second kappa shape index (κ2) is 21.8. The summed E-state index contributed by atoms with van der Waals surface area (Å²) in [6, 6.07) is 33.1. The maximum atomic E-state index is 14.0. The standard InChI is InChI=1S/C33H30ClN3O5S.C24H19ClF3N3O3S/c1-20(2)35-19-37(30-24-8-6-9-27(34)26(24)18-43-29-10-5-4-7-25(29)30)36-16-15-28(39)32(31(36)33(35)40)41-17-22-11-13-23(14-12-22)42-21(3)38;1-13(24(26,27)28)29-12-31(30-10-9-18(32)22(33)21(30)23(29)34)20-14-6-4-7-17(25)16(14)11-35-19-8-3-2-5-15(19)20/h4-16,20,30H,17-19H2,1-3H3;2-10,13,20,33H,11-12H2,1H3/t30-;13-,20+/m01/s1. The molecule has 11 rings (SSSR count). The van der Waals surface area contributed by atoms with Crippen LogP contribution in [0.15, 0.2) is 153 Å². The molecule has 5 aromatic carbocycles. The minimum atomic E-state index is -4.72. The van der Waals surface area contributed by atoms with Crippen LogP contribution in [0.1, 0.15) is 99.7 Å². The van der Waals surface area contributed by atoms with Gasteiger partial charge in [-0.05, 0) is 96.1 Å². The number of nitrogens with zero attached hydrogens (tertiary/aromatic N) is 6. The van der Waals surface area contributed by atoms with Gasteiger partial charge in [0.25, 0.3) is 11.8 Å². The van der Waals surface area contributed by atoms with Crippen molar-refractivity contribution in [3.63, 3.8) is 0 Å². The second-order valence-electron chi connectivity index (χ2n) is 19.0. The van der Waals surface area contributed by atoms with E-state index in [0.29, 0.717) is 38.9 Å². The molecule has 0 saturated carbocycles. The van der Waals surface area contributed by atoms with E-state index in [1.165, 1.54) is 23.9 Å². The Hall–Kier alpha value is -7.32. The third kappa shape index (κ3) is 10.2. The van der Waals surface area contributed by atoms with E-state index in [1.807, 2.05) is 68.4 Å². The SMILES string of the molecule is CC(=O)Oc1ccc(COc2c3n(ccc2=O)N([C@@H]2c4ccccc4SCc4c(Cl)cccc42)CN(C(C)C)C3=O)cc1.C[C@@H](N1CN([C@@H]2c3ccccc3SCc3c(Cl)cccc32)n2ccc(=O)c(O)c2C1=O)C(F)(F)F. The lowest BCUT2D eigenvalue weighted by Gasteiger charge is -2.46. The fraction of sp³-hybridized carbons (Fsp3) is 0.246. The van der Waals surface area contributed by atoms with Crippen molar-refractivity contribution in [2.24, 2.45) is 0 Å². The first kappa shape index (κ1) is 54.1. The van der Waals surface area contributed by atoms with E-state index in [4.69, 9.17) is 32.7 Å². The average molecular weight is 1140 g/mol. The average Bonchev–Trinajstić information content (AvgIpc) is 3.75. The predicted molar refractivity (Wildman–Crippen MR) is 293 cm³/mol. The highest BCUT2D eigenvalue weighted by Crippen LogP contribution is 2.47. The molecule has 2 aromatic heterocycles. The number of hydrogen-bond donors (Lipinski definition) is 1. The highest BCUT2D eigenvalue weighted by molar-refractivity contribution is 7.98. The number of pyridine rings is 2. The van der Waals surface area contributed by atoms with Gasteiger partial charge < -0.3 is 24.4 Å². The third-order valence-electron chi connectivity index (χ3n) is 14.0. The number of alkyl halides is 3. The molecule has 21 heteroatoms. The van der Waals surface area contributed by atoms with Crippen molar-refractivity contribution in [2.75, 3.05) is 23.4 Å². The topological polar surface area (TPSA) is 147 Å². The van der Waals surface area contributed by atoms with Gasteiger partial charge in [0.1, 0.15) is 31.7 Å². The molecule has 0 spiro atoms. The summed E-state index contributed by atoms with van der Waals surface area (Å²) >= 11 is 16.6. The van der Waals surface area contributed by atoms with Gasteiger partial charge in [-0.2, -0.15) is 13.2 Å². The lowest BCUT2D eigenvalue weighted by atomic mass is 9.94. The molecule has 14 nitrogen and oxygen atoms in total. The summed E-state index contributed by atoms with van der Waals surface area (Å²) in [5.74, 6) is -1.03. The van der Waals surface area contributed by atoms with E-state index in [0.717, 1.165) is 61.7 Å². The second-order valence-corrected chi connectivity index (χ2v) is 21.9. The van der Waals surface area contributed by atoms with Crippen LogP contribution in [0.2, 0.25) is 10.0 Å². The summed E-state index contributed by atoms with van der Waals surface area (Å²) in [6.45, 7) is 6.03. The first-order valence-electron chi connectivity index (χ1n) is 24.6. The van der Waals surface area contributed by atoms with Crippen LogP contribution in [0.4, 0.5) is 13.2 Å². The Morgan fingerprint density at radius 2 is 1.14 bits per heavy atom. The molecule has 1 N–H and O–H groups in total. The number of esters is 1. The molecule has 7 aromatic rings. The predicted octanol–water partition coefficient (Wildman–Crippen LogP) is 11.1. The van der Waals surface area contributed by atoms with Gasteiger partial charge in [-0.15, -0.1) is 23.5 Å². The van der Waals surface area contributed by atoms with Crippen LogP contribution < -0.4 is 30.3 Å². The van der Waals surface area contributed by atoms with E-state index >= 15 is 0 Å². The normalized spacial score (nSPS) is 17.0. The number of benzene rings is 5. The van der Waals surface area contributed by atoms with Crippen LogP contribution in [0.25, 0.3) is 0 Å². The molecule has 0 bridgehead atoms. The van der Waals surface area contributed by atoms with Crippen molar-refractivity contribution in [1.29, 1.82) is 0 Å². The Balaban J connectivity index is 0.000000180. The van der Waals surface area contributed by atoms with Gasteiger partial charge in [-0.3, -0.25) is 43.3 Å². The quantitative estimate of drug-likeness (QED) is 0.114. The lowest BCUT2D eigenvalue weighted by Crippen LogP contribution is -2.60. The van der Waals surface area contributed by atoms with E-state index < -0.39 is 53.7 Å². The molecule has 4 aliphatic rings. The van der Waals surface area contributed by atoms with Gasteiger partial charge in [0.15, 0.2) is 22.9 Å². The largest absolute Gasteiger partial charge is 0.502 e. The Labute approximate surface area is 464 Å². The summed E-state index contributed by atoms with van der Waals surface area (Å²) in [5.41, 5.74) is 4.71. The van der Waals surface area contributed by atoms with E-state index in [-0.39, 0.29) is 41.5 Å². The Morgan fingerprint density at radius 3 is 1.67 bits per heavy atom. The van der Waals surface area contributed by atoms with Crippen LogP contribution in [0.5, 0.6) is 17.2 Å². The van der Waals surface area contributed by atoms with Gasteiger partial charge in [-0.1, -0.05) is 96.0 Å². The fourth-order valence-electron chi connectivity index (χ4n) is 10.0. The first-order chi connectivity index (χ1) is 37.3. The number of ether oxygens (including phenoxy) is 2. The minimum absolute atomic E-state index is 0.0190. The monoisotopic (exact) mass is 1140 g/mol. The van der Waals surface area contributed by atoms with E-state index in [1.54, 1.807) is 80.7 Å². The zero-order valence-electron chi connectivity index (χ0n) is 42.2. The van der Waals surface area contributed by atoms with Crippen molar-refractivity contribution in [1.82, 2.24) is 19.2 Å². The van der Waals surface area contributed by atoms with Gasteiger partial charge in [-0.25, -0.2) is 0 Å². The minimum Gasteiger partial charge on any atom is -0.502 e. The summed E-state index contributed by atoms with van der Waals surface area (Å²) < 4.78 is 55.6. The molecule has 0 aliphatic carbocycles. The number of rotatable bonds is 8. The van der Waals surface area contributed by atoms with Crippen LogP contribution in [0, 0.1) is 0 Å². The van der Waals surface area contributed by atoms with Crippen molar-refractivity contribution in [2.45, 2.75) is 85.9 Å². The van der Waals surface area contributed by atoms with Gasteiger partial charge in [0, 0.05) is 68.8 Å². The number of aromatic nitrogens is 2. The highest BCUT2D eigenvalue weighted by Gasteiger charge is 2.48. The van der Waals surface area contributed by atoms with Crippen LogP contribution in [-0.2, 0) is 22.9 Å². The van der Waals surface area contributed by atoms with Crippen LogP contribution in [-0.4, -0.2) is 73.6 Å². The Morgan fingerprint density at radius 1 is 0.654 bits per heavy atom. The number of fused-ring (bicyclic) bond motifs is 6. The molecule has 402 valence electrons. The van der Waals surface area contributed by atoms with Gasteiger partial charge >= 0.3 is 12.1 Å². The molecule has 4 aliphatic heterocycles. The molecular weight excluding hydrogens is 1090 g/mol. The number of halogens is 5. The third-order valence-corrected chi connectivity index (χ3v) is 16.9. The molecule has 3 atom stereocenters. The summed E-state index contributed by atoms with van der Waals surface area (Å²) in [4.78, 5) is 68.3. The fourth-order valence-corrected chi connectivity index (χ4v) is 13.0. The van der Waals surface area contributed by atoms with Gasteiger partial charge in [0.2, 0.25) is 10.9 Å². The van der Waals surface area contributed by atoms with Gasteiger partial charge in [0.05, 0.1) is 12.1 Å². The lowest BCUT2D eigenvalue weighted by molar-refractivity contribution is -0.173. The van der Waals surface area contributed by atoms with Crippen molar-refractivity contribution >= 4 is 64.5 Å². The zero-order chi connectivity index (χ0) is 55.3. The molecule has 2 amide bonds. The number of aromatic hydroxyl groups is 1. The number of hydrogen-bond acceptors (Lipinski definition) is 12. The Bertz CT molecular complexity index is 3640. The molecule has 0 unspecified atom stereocenters. The molecule has 0 saturated heterocycles. The molecule has 0 radical (unpaired) electrons. The summed E-state index contributed by atoms with van der Waals surface area (Å²) in [7, 11) is 0. The van der Waals surface area contributed by atoms with E-state index in [2.05, 4.69) is 23.2 Å². The molecule has 6 heterocycles. The zero-order valence-corrected chi connectivity index (χ0v) is 45.4. The molecule has 0 fully saturated rings. The molecule has 78 heavy (non-hydrogen) atoms. The summed E-state index contributed by atoms with van der Waals surface area (Å²) in [5, 5.41) is 15.4. The Kier molecular flexibility index (Phi) is 15.1. The maximum absolute atomic E-state index is 14.0. The number of thioether (sulfide) groups is 2. The van der Waals surface area contributed by atoms with Crippen LogP contribution in [0.3, 0.4) is 0 Å². The number of carbonyl (C=O) groups excluding carboxylic acids is 3.